The van der Waals surface area contributed by atoms with E-state index in [0.29, 0.717) is 5.92 Å². The van der Waals surface area contributed by atoms with E-state index in [2.05, 4.69) is 18.8 Å². The summed E-state index contributed by atoms with van der Waals surface area (Å²) in [4.78, 5) is 4.27. The molecule has 0 fully saturated rings. The molecule has 0 aliphatic heterocycles. The number of rotatable bonds is 6. The Hall–Kier alpha value is -0.660. The highest BCUT2D eigenvalue weighted by molar-refractivity contribution is 5.78. The van der Waals surface area contributed by atoms with E-state index in [1.807, 2.05) is 13.1 Å². The van der Waals surface area contributed by atoms with Gasteiger partial charge in [0.25, 0.3) is 0 Å². The van der Waals surface area contributed by atoms with Gasteiger partial charge in [0.2, 0.25) is 0 Å². The van der Waals surface area contributed by atoms with Crippen LogP contribution in [-0.2, 0) is 0 Å². The smallest absolute Gasteiger partial charge is 0.0408 e. The zero-order chi connectivity index (χ0) is 9.40. The van der Waals surface area contributed by atoms with Gasteiger partial charge < -0.3 is 5.41 Å². The van der Waals surface area contributed by atoms with Crippen LogP contribution in [0.5, 0.6) is 0 Å². The number of nitrogens with one attached hydrogen (secondary N) is 1. The predicted octanol–water partition coefficient (Wildman–Crippen LogP) is 2.92. The van der Waals surface area contributed by atoms with Crippen molar-refractivity contribution in [1.82, 2.24) is 0 Å². The Morgan fingerprint density at radius 2 is 2.17 bits per heavy atom. The van der Waals surface area contributed by atoms with E-state index in [1.54, 1.807) is 0 Å². The van der Waals surface area contributed by atoms with Gasteiger partial charge in [0, 0.05) is 12.3 Å². The van der Waals surface area contributed by atoms with Gasteiger partial charge in [-0.3, -0.25) is 4.99 Å². The number of hydrogen-bond acceptors (Lipinski definition) is 2. The summed E-state index contributed by atoms with van der Waals surface area (Å²) >= 11 is 0. The molecule has 0 heterocycles. The van der Waals surface area contributed by atoms with Gasteiger partial charge in [0.1, 0.15) is 0 Å². The molecule has 0 aliphatic rings. The fourth-order valence-corrected chi connectivity index (χ4v) is 0.835. The molecule has 0 aliphatic carbocycles. The van der Waals surface area contributed by atoms with Crippen molar-refractivity contribution in [2.75, 3.05) is 6.54 Å². The lowest BCUT2D eigenvalue weighted by Crippen LogP contribution is -1.93. The average molecular weight is 168 g/mol. The average Bonchev–Trinajstić information content (AvgIpc) is 1.95. The molecular formula is C10H20N2. The van der Waals surface area contributed by atoms with Gasteiger partial charge in [-0.15, -0.1) is 0 Å². The number of aliphatic imine (C=N–C) groups is 1. The Bertz CT molecular complexity index is 148. The largest absolute Gasteiger partial charge is 0.310 e. The number of hydrogen-bond donors (Lipinski definition) is 1. The highest BCUT2D eigenvalue weighted by atomic mass is 14.7. The Labute approximate surface area is 75.6 Å². The molecule has 0 unspecified atom stereocenters. The maximum absolute atomic E-state index is 7.20. The molecule has 12 heavy (non-hydrogen) atoms. The molecule has 2 nitrogen and oxygen atoms in total. The van der Waals surface area contributed by atoms with Gasteiger partial charge in [-0.1, -0.05) is 13.8 Å². The third kappa shape index (κ3) is 9.34. The van der Waals surface area contributed by atoms with Gasteiger partial charge in [-0.25, -0.2) is 0 Å². The van der Waals surface area contributed by atoms with Crippen LogP contribution in [0.1, 0.15) is 40.0 Å². The standard InChI is InChI=1S/C10H20N2/c1-9(2)8-12-7-5-4-6-10(3)11/h7,9,11H,4-6,8H2,1-3H3. The first-order valence-electron chi connectivity index (χ1n) is 4.65. The van der Waals surface area contributed by atoms with Crippen LogP contribution in [0.25, 0.3) is 0 Å². The van der Waals surface area contributed by atoms with E-state index in [0.717, 1.165) is 31.5 Å². The molecule has 0 saturated carbocycles. The van der Waals surface area contributed by atoms with Crippen molar-refractivity contribution < 1.29 is 0 Å². The molecule has 0 spiro atoms. The van der Waals surface area contributed by atoms with Crippen LogP contribution in [-0.4, -0.2) is 18.5 Å². The Kier molecular flexibility index (Phi) is 6.63. The third-order valence-electron chi connectivity index (χ3n) is 1.48. The minimum absolute atomic E-state index is 0.658. The Morgan fingerprint density at radius 3 is 2.67 bits per heavy atom. The molecule has 0 rings (SSSR count). The molecule has 0 aromatic rings. The molecule has 0 radical (unpaired) electrons. The van der Waals surface area contributed by atoms with Crippen LogP contribution < -0.4 is 0 Å². The summed E-state index contributed by atoms with van der Waals surface area (Å²) in [6.45, 7) is 7.12. The highest BCUT2D eigenvalue weighted by Gasteiger charge is 1.89. The monoisotopic (exact) mass is 168 g/mol. The van der Waals surface area contributed by atoms with Crippen LogP contribution in [0.15, 0.2) is 4.99 Å². The van der Waals surface area contributed by atoms with E-state index in [9.17, 15) is 0 Å². The second-order valence-electron chi connectivity index (χ2n) is 3.61. The predicted molar refractivity (Wildman–Crippen MR) is 55.4 cm³/mol. The van der Waals surface area contributed by atoms with Gasteiger partial charge in [0.05, 0.1) is 0 Å². The zero-order valence-electron chi connectivity index (χ0n) is 8.43. The minimum atomic E-state index is 0.658. The van der Waals surface area contributed by atoms with E-state index in [4.69, 9.17) is 5.41 Å². The fourth-order valence-electron chi connectivity index (χ4n) is 0.835. The first-order valence-corrected chi connectivity index (χ1v) is 4.65. The molecule has 0 amide bonds. The van der Waals surface area contributed by atoms with E-state index in [-0.39, 0.29) is 0 Å². The summed E-state index contributed by atoms with van der Waals surface area (Å²) in [6, 6.07) is 0. The molecule has 2 heteroatoms. The molecule has 0 aromatic carbocycles. The number of nitrogens with zero attached hydrogens (tertiary/aromatic N) is 1. The van der Waals surface area contributed by atoms with Crippen molar-refractivity contribution in [2.24, 2.45) is 10.9 Å². The van der Waals surface area contributed by atoms with Crippen LogP contribution in [0.3, 0.4) is 0 Å². The summed E-state index contributed by atoms with van der Waals surface area (Å²) in [5.41, 5.74) is 0.771. The van der Waals surface area contributed by atoms with Gasteiger partial charge in [0.15, 0.2) is 0 Å². The van der Waals surface area contributed by atoms with Crippen molar-refractivity contribution >= 4 is 11.9 Å². The fraction of sp³-hybridized carbons (Fsp3) is 0.800. The quantitative estimate of drug-likeness (QED) is 0.467. The SMILES string of the molecule is CC(=N)CCCC=NCC(C)C. The van der Waals surface area contributed by atoms with Gasteiger partial charge in [-0.05, 0) is 38.3 Å². The van der Waals surface area contributed by atoms with Crippen LogP contribution in [0.2, 0.25) is 0 Å². The van der Waals surface area contributed by atoms with Crippen molar-refractivity contribution in [3.63, 3.8) is 0 Å². The van der Waals surface area contributed by atoms with Crippen LogP contribution in [0, 0.1) is 11.3 Å². The zero-order valence-corrected chi connectivity index (χ0v) is 8.43. The molecule has 0 aromatic heterocycles. The minimum Gasteiger partial charge on any atom is -0.310 e. The maximum Gasteiger partial charge on any atom is 0.0408 e. The summed E-state index contributed by atoms with van der Waals surface area (Å²) in [7, 11) is 0. The topological polar surface area (TPSA) is 36.2 Å². The van der Waals surface area contributed by atoms with Crippen LogP contribution >= 0.6 is 0 Å². The number of unbranched alkanes of at least 4 members (excludes halogenated alkanes) is 1. The molecule has 0 atom stereocenters. The lowest BCUT2D eigenvalue weighted by molar-refractivity contribution is 0.665. The second-order valence-corrected chi connectivity index (χ2v) is 3.61. The lowest BCUT2D eigenvalue weighted by Gasteiger charge is -1.97. The highest BCUT2D eigenvalue weighted by Crippen LogP contribution is 1.95. The Balaban J connectivity index is 3.19. The third-order valence-corrected chi connectivity index (χ3v) is 1.48. The summed E-state index contributed by atoms with van der Waals surface area (Å²) in [6.07, 6.45) is 4.98. The summed E-state index contributed by atoms with van der Waals surface area (Å²) in [5, 5.41) is 7.20. The lowest BCUT2D eigenvalue weighted by atomic mass is 10.2. The van der Waals surface area contributed by atoms with Gasteiger partial charge >= 0.3 is 0 Å². The molecule has 70 valence electrons. The molecule has 0 saturated heterocycles. The van der Waals surface area contributed by atoms with Crippen molar-refractivity contribution in [3.05, 3.63) is 0 Å². The molecule has 1 N–H and O–H groups in total. The summed E-state index contributed by atoms with van der Waals surface area (Å²) in [5.74, 6) is 0.658. The van der Waals surface area contributed by atoms with E-state index in [1.165, 1.54) is 0 Å². The summed E-state index contributed by atoms with van der Waals surface area (Å²) < 4.78 is 0. The van der Waals surface area contributed by atoms with E-state index >= 15 is 0 Å². The first kappa shape index (κ1) is 11.3. The van der Waals surface area contributed by atoms with Crippen molar-refractivity contribution in [2.45, 2.75) is 40.0 Å². The normalized spacial score (nSPS) is 11.3. The van der Waals surface area contributed by atoms with Gasteiger partial charge in [-0.2, -0.15) is 0 Å². The van der Waals surface area contributed by atoms with Crippen LogP contribution in [0.4, 0.5) is 0 Å². The van der Waals surface area contributed by atoms with E-state index < -0.39 is 0 Å². The molecule has 0 bridgehead atoms. The Morgan fingerprint density at radius 1 is 1.50 bits per heavy atom. The molecular weight excluding hydrogens is 148 g/mol. The maximum atomic E-state index is 7.20. The van der Waals surface area contributed by atoms with Crippen molar-refractivity contribution in [1.29, 1.82) is 5.41 Å². The first-order chi connectivity index (χ1) is 5.63. The van der Waals surface area contributed by atoms with Crippen molar-refractivity contribution in [3.8, 4) is 0 Å². The second kappa shape index (κ2) is 7.01.